The molecule has 0 bridgehead atoms. The Labute approximate surface area is 187 Å². The van der Waals surface area contributed by atoms with Crippen LogP contribution < -0.4 is 15.0 Å². The molecule has 0 aromatic heterocycles. The van der Waals surface area contributed by atoms with E-state index in [1.807, 2.05) is 42.5 Å². The van der Waals surface area contributed by atoms with Crippen LogP contribution in [0.2, 0.25) is 0 Å². The topological polar surface area (TPSA) is 79.0 Å². The number of anilines is 1. The van der Waals surface area contributed by atoms with Gasteiger partial charge in [-0.25, -0.2) is 4.79 Å². The largest absolute Gasteiger partial charge is 0.493 e. The van der Waals surface area contributed by atoms with Crippen molar-refractivity contribution in [2.24, 2.45) is 0 Å². The molecule has 1 atom stereocenters. The summed E-state index contributed by atoms with van der Waals surface area (Å²) in [6.07, 6.45) is 5.51. The van der Waals surface area contributed by atoms with Crippen molar-refractivity contribution in [3.63, 3.8) is 0 Å². The van der Waals surface area contributed by atoms with Gasteiger partial charge in [-0.05, 0) is 31.0 Å². The lowest BCUT2D eigenvalue weighted by molar-refractivity contribution is -0.135. The lowest BCUT2D eigenvalue weighted by Crippen LogP contribution is -2.50. The van der Waals surface area contributed by atoms with Crippen LogP contribution in [0.4, 0.5) is 10.5 Å². The molecule has 5 rings (SSSR count). The highest BCUT2D eigenvalue weighted by Crippen LogP contribution is 2.41. The van der Waals surface area contributed by atoms with E-state index in [-0.39, 0.29) is 24.4 Å². The summed E-state index contributed by atoms with van der Waals surface area (Å²) in [5.41, 5.74) is 0.281. The van der Waals surface area contributed by atoms with Gasteiger partial charge in [0.2, 0.25) is 5.91 Å². The number of hydrogen-bond donors (Lipinski definition) is 1. The normalized spacial score (nSPS) is 22.9. The predicted molar refractivity (Wildman–Crippen MR) is 119 cm³/mol. The van der Waals surface area contributed by atoms with Gasteiger partial charge in [-0.2, -0.15) is 0 Å². The lowest BCUT2D eigenvalue weighted by atomic mass is 9.84. The molecule has 1 aliphatic carbocycles. The van der Waals surface area contributed by atoms with Crippen molar-refractivity contribution in [2.45, 2.75) is 50.1 Å². The van der Waals surface area contributed by atoms with Crippen LogP contribution in [0.5, 0.6) is 5.75 Å². The van der Waals surface area contributed by atoms with Crippen molar-refractivity contribution < 1.29 is 19.1 Å². The molecule has 0 unspecified atom stereocenters. The molecule has 2 aliphatic heterocycles. The fourth-order valence-electron chi connectivity index (χ4n) is 5.21. The number of amides is 4. The molecule has 4 amide bonds. The minimum absolute atomic E-state index is 0.0807. The average Bonchev–Trinajstić information content (AvgIpc) is 3.05. The quantitative estimate of drug-likeness (QED) is 0.748. The van der Waals surface area contributed by atoms with E-state index in [2.05, 4.69) is 5.32 Å². The molecule has 1 spiro atoms. The van der Waals surface area contributed by atoms with E-state index in [1.165, 1.54) is 6.42 Å². The summed E-state index contributed by atoms with van der Waals surface area (Å²) in [5, 5.41) is 2.88. The summed E-state index contributed by atoms with van der Waals surface area (Å²) in [4.78, 5) is 42.9. The van der Waals surface area contributed by atoms with Crippen molar-refractivity contribution >= 4 is 23.5 Å². The SMILES string of the molecule is O=C1N[C@@]2(CCOc3ccccc32)C(=O)N1CC(=O)N(c1ccccc1)C1CCCCC1. The van der Waals surface area contributed by atoms with Gasteiger partial charge < -0.3 is 15.0 Å². The smallest absolute Gasteiger partial charge is 0.325 e. The number of urea groups is 1. The second kappa shape index (κ2) is 8.30. The Morgan fingerprint density at radius 1 is 1.03 bits per heavy atom. The zero-order chi connectivity index (χ0) is 22.1. The van der Waals surface area contributed by atoms with E-state index in [0.29, 0.717) is 24.3 Å². The maximum Gasteiger partial charge on any atom is 0.325 e. The monoisotopic (exact) mass is 433 g/mol. The zero-order valence-electron chi connectivity index (χ0n) is 18.0. The molecule has 3 aliphatic rings. The first-order valence-electron chi connectivity index (χ1n) is 11.3. The van der Waals surface area contributed by atoms with E-state index < -0.39 is 11.6 Å². The zero-order valence-corrected chi connectivity index (χ0v) is 18.0. The lowest BCUT2D eigenvalue weighted by Gasteiger charge is -2.35. The molecular weight excluding hydrogens is 406 g/mol. The number of fused-ring (bicyclic) bond motifs is 2. The van der Waals surface area contributed by atoms with E-state index in [0.717, 1.165) is 36.3 Å². The molecule has 1 saturated carbocycles. The van der Waals surface area contributed by atoms with E-state index in [4.69, 9.17) is 4.74 Å². The molecule has 2 fully saturated rings. The Balaban J connectivity index is 1.42. The third-order valence-electron chi connectivity index (χ3n) is 6.79. The molecular formula is C25H27N3O4. The Hall–Kier alpha value is -3.35. The first-order chi connectivity index (χ1) is 15.6. The van der Waals surface area contributed by atoms with Crippen LogP contribution in [-0.4, -0.2) is 41.9 Å². The fourth-order valence-corrected chi connectivity index (χ4v) is 5.21. The van der Waals surface area contributed by atoms with Crippen LogP contribution in [0.3, 0.4) is 0 Å². The van der Waals surface area contributed by atoms with Crippen molar-refractivity contribution in [1.29, 1.82) is 0 Å². The highest BCUT2D eigenvalue weighted by Gasteiger charge is 2.55. The van der Waals surface area contributed by atoms with Crippen molar-refractivity contribution in [3.05, 3.63) is 60.2 Å². The number of imide groups is 1. The van der Waals surface area contributed by atoms with Gasteiger partial charge >= 0.3 is 6.03 Å². The molecule has 0 radical (unpaired) electrons. The summed E-state index contributed by atoms with van der Waals surface area (Å²) in [5.74, 6) is -0.0269. The number of carbonyl (C=O) groups is 3. The molecule has 2 aromatic carbocycles. The van der Waals surface area contributed by atoms with Gasteiger partial charge in [-0.3, -0.25) is 14.5 Å². The minimum Gasteiger partial charge on any atom is -0.493 e. The highest BCUT2D eigenvalue weighted by molar-refractivity contribution is 6.11. The van der Waals surface area contributed by atoms with Crippen LogP contribution in [0.25, 0.3) is 0 Å². The van der Waals surface area contributed by atoms with Gasteiger partial charge in [0.15, 0.2) is 5.54 Å². The summed E-state index contributed by atoms with van der Waals surface area (Å²) in [6.45, 7) is 0.0455. The summed E-state index contributed by atoms with van der Waals surface area (Å²) in [7, 11) is 0. The number of ether oxygens (including phenoxy) is 1. The summed E-state index contributed by atoms with van der Waals surface area (Å²) in [6, 6.07) is 16.3. The molecule has 32 heavy (non-hydrogen) atoms. The Morgan fingerprint density at radius 3 is 2.53 bits per heavy atom. The van der Waals surface area contributed by atoms with Gasteiger partial charge in [0, 0.05) is 23.7 Å². The van der Waals surface area contributed by atoms with E-state index in [1.54, 1.807) is 17.0 Å². The molecule has 7 heteroatoms. The predicted octanol–water partition coefficient (Wildman–Crippen LogP) is 3.58. The molecule has 7 nitrogen and oxygen atoms in total. The maximum atomic E-state index is 13.5. The van der Waals surface area contributed by atoms with Gasteiger partial charge in [0.05, 0.1) is 6.61 Å². The summed E-state index contributed by atoms with van der Waals surface area (Å²) < 4.78 is 5.69. The second-order valence-electron chi connectivity index (χ2n) is 8.71. The van der Waals surface area contributed by atoms with Crippen molar-refractivity contribution in [3.8, 4) is 5.75 Å². The van der Waals surface area contributed by atoms with Gasteiger partial charge in [-0.1, -0.05) is 55.7 Å². The third-order valence-corrected chi connectivity index (χ3v) is 6.79. The number of hydrogen-bond acceptors (Lipinski definition) is 4. The summed E-state index contributed by atoms with van der Waals surface area (Å²) >= 11 is 0. The maximum absolute atomic E-state index is 13.5. The number of para-hydroxylation sites is 2. The Bertz CT molecular complexity index is 1030. The van der Waals surface area contributed by atoms with Crippen LogP contribution >= 0.6 is 0 Å². The van der Waals surface area contributed by atoms with E-state index >= 15 is 0 Å². The highest BCUT2D eigenvalue weighted by atomic mass is 16.5. The number of nitrogens with zero attached hydrogens (tertiary/aromatic N) is 2. The first kappa shape index (κ1) is 20.5. The van der Waals surface area contributed by atoms with E-state index in [9.17, 15) is 14.4 Å². The van der Waals surface area contributed by atoms with Gasteiger partial charge in [-0.15, -0.1) is 0 Å². The molecule has 166 valence electrons. The van der Waals surface area contributed by atoms with Gasteiger partial charge in [0.1, 0.15) is 12.3 Å². The number of nitrogens with one attached hydrogen (secondary N) is 1. The molecule has 2 heterocycles. The molecule has 2 aromatic rings. The molecule has 1 N–H and O–H groups in total. The number of carbonyl (C=O) groups excluding carboxylic acids is 3. The second-order valence-corrected chi connectivity index (χ2v) is 8.71. The van der Waals surface area contributed by atoms with Crippen molar-refractivity contribution in [1.82, 2.24) is 10.2 Å². The van der Waals surface area contributed by atoms with Crippen molar-refractivity contribution in [2.75, 3.05) is 18.1 Å². The van der Waals surface area contributed by atoms with Crippen LogP contribution in [-0.2, 0) is 15.1 Å². The first-order valence-corrected chi connectivity index (χ1v) is 11.3. The Morgan fingerprint density at radius 2 is 1.75 bits per heavy atom. The van der Waals surface area contributed by atoms with Crippen LogP contribution in [0.15, 0.2) is 54.6 Å². The average molecular weight is 434 g/mol. The Kier molecular flexibility index (Phi) is 5.33. The van der Waals surface area contributed by atoms with Crippen LogP contribution in [0.1, 0.15) is 44.1 Å². The van der Waals surface area contributed by atoms with Crippen LogP contribution in [0, 0.1) is 0 Å². The number of benzene rings is 2. The third kappa shape index (κ3) is 3.42. The fraction of sp³-hybridized carbons (Fsp3) is 0.400. The number of rotatable bonds is 4. The minimum atomic E-state index is -1.17. The van der Waals surface area contributed by atoms with Gasteiger partial charge in [0.25, 0.3) is 5.91 Å². The standard InChI is InChI=1S/C25H27N3O4/c29-22(28(18-9-3-1-4-10-18)19-11-5-2-6-12-19)17-27-23(30)25(26-24(27)31)15-16-32-21-14-8-7-13-20(21)25/h1,3-4,7-10,13-14,19H,2,5-6,11-12,15-17H2,(H,26,31)/t25-/m1/s1. The molecule has 1 saturated heterocycles.